The van der Waals surface area contributed by atoms with E-state index in [1.54, 1.807) is 60.4 Å². The fraction of sp³-hybridized carbons (Fsp3) is 0.217. The standard InChI is InChI=1S/C23H23F2N9O/c1-5-34(31-26-2)13-16-10-15(8-9-27-16)22-29-23(35-30-22)18-12-28-33(4)21(18)14-32(3)17-6-7-19(24)20(25)11-17/h5-12H,1,13-14H2,2-4H3. The molecule has 0 bridgehead atoms. The minimum atomic E-state index is -0.910. The van der Waals surface area contributed by atoms with Gasteiger partial charge in [-0.2, -0.15) is 15.2 Å². The molecule has 10 nitrogen and oxygen atoms in total. The second kappa shape index (κ2) is 10.2. The van der Waals surface area contributed by atoms with Crippen molar-refractivity contribution in [2.45, 2.75) is 13.1 Å². The molecular weight excluding hydrogens is 456 g/mol. The molecule has 1 aromatic carbocycles. The Morgan fingerprint density at radius 3 is 2.74 bits per heavy atom. The molecule has 0 fully saturated rings. The average molecular weight is 479 g/mol. The zero-order chi connectivity index (χ0) is 24.9. The second-order valence-corrected chi connectivity index (χ2v) is 7.61. The van der Waals surface area contributed by atoms with Crippen molar-refractivity contribution < 1.29 is 13.3 Å². The molecule has 0 saturated heterocycles. The predicted molar refractivity (Wildman–Crippen MR) is 125 cm³/mol. The van der Waals surface area contributed by atoms with Gasteiger partial charge in [0.15, 0.2) is 11.6 Å². The van der Waals surface area contributed by atoms with Crippen LogP contribution in [0.2, 0.25) is 0 Å². The maximum absolute atomic E-state index is 13.7. The van der Waals surface area contributed by atoms with Crippen molar-refractivity contribution in [3.8, 4) is 22.8 Å². The van der Waals surface area contributed by atoms with Crippen LogP contribution in [0.1, 0.15) is 11.4 Å². The molecule has 0 aliphatic rings. The molecule has 0 spiro atoms. The van der Waals surface area contributed by atoms with E-state index in [4.69, 9.17) is 4.52 Å². The van der Waals surface area contributed by atoms with E-state index in [0.29, 0.717) is 35.7 Å². The lowest BCUT2D eigenvalue weighted by atomic mass is 10.2. The summed E-state index contributed by atoms with van der Waals surface area (Å²) < 4.78 is 34.2. The van der Waals surface area contributed by atoms with E-state index in [1.165, 1.54) is 6.07 Å². The zero-order valence-corrected chi connectivity index (χ0v) is 19.4. The smallest absolute Gasteiger partial charge is 0.261 e. The van der Waals surface area contributed by atoms with Crippen molar-refractivity contribution in [1.29, 1.82) is 0 Å². The predicted octanol–water partition coefficient (Wildman–Crippen LogP) is 4.39. The van der Waals surface area contributed by atoms with Crippen molar-refractivity contribution in [2.24, 2.45) is 17.4 Å². The summed E-state index contributed by atoms with van der Waals surface area (Å²) in [4.78, 5) is 10.7. The molecule has 0 aliphatic carbocycles. The topological polar surface area (TPSA) is 101 Å². The maximum atomic E-state index is 13.7. The van der Waals surface area contributed by atoms with E-state index >= 15 is 0 Å². The fourth-order valence-electron chi connectivity index (χ4n) is 3.43. The van der Waals surface area contributed by atoms with E-state index in [0.717, 1.165) is 23.5 Å². The van der Waals surface area contributed by atoms with Crippen LogP contribution in [0.3, 0.4) is 0 Å². The van der Waals surface area contributed by atoms with Crippen molar-refractivity contribution in [3.63, 3.8) is 0 Å². The Balaban J connectivity index is 1.57. The van der Waals surface area contributed by atoms with Crippen LogP contribution < -0.4 is 4.90 Å². The third kappa shape index (κ3) is 5.21. The number of aromatic nitrogens is 5. The van der Waals surface area contributed by atoms with Gasteiger partial charge in [-0.15, -0.1) is 0 Å². The molecule has 4 rings (SSSR count). The average Bonchev–Trinajstić information content (AvgIpc) is 3.48. The summed E-state index contributed by atoms with van der Waals surface area (Å²) in [5.74, 6) is -1.14. The summed E-state index contributed by atoms with van der Waals surface area (Å²) in [6.07, 6.45) is 4.83. The maximum Gasteiger partial charge on any atom is 0.261 e. The summed E-state index contributed by atoms with van der Waals surface area (Å²) in [6, 6.07) is 7.36. The number of rotatable bonds is 9. The summed E-state index contributed by atoms with van der Waals surface area (Å²) in [5, 5.41) is 17.7. The number of pyridine rings is 1. The third-order valence-electron chi connectivity index (χ3n) is 5.26. The summed E-state index contributed by atoms with van der Waals surface area (Å²) in [5.41, 5.74) is 3.34. The van der Waals surface area contributed by atoms with Crippen LogP contribution in [-0.4, -0.2) is 44.0 Å². The minimum Gasteiger partial charge on any atom is -0.369 e. The van der Waals surface area contributed by atoms with Gasteiger partial charge in [-0.25, -0.2) is 13.8 Å². The molecule has 0 radical (unpaired) electrons. The highest BCUT2D eigenvalue weighted by atomic mass is 19.2. The van der Waals surface area contributed by atoms with Gasteiger partial charge in [0.2, 0.25) is 5.82 Å². The third-order valence-corrected chi connectivity index (χ3v) is 5.26. The molecule has 0 amide bonds. The van der Waals surface area contributed by atoms with Crippen LogP contribution in [-0.2, 0) is 20.1 Å². The van der Waals surface area contributed by atoms with Gasteiger partial charge in [-0.05, 0) is 24.3 Å². The summed E-state index contributed by atoms with van der Waals surface area (Å²) in [7, 11) is 5.12. The minimum absolute atomic E-state index is 0.285. The van der Waals surface area contributed by atoms with Gasteiger partial charge in [0.25, 0.3) is 5.89 Å². The van der Waals surface area contributed by atoms with E-state index in [1.807, 2.05) is 6.07 Å². The molecule has 0 N–H and O–H groups in total. The quantitative estimate of drug-likeness (QED) is 0.259. The number of hydrogen-bond acceptors (Lipinski definition) is 8. The van der Waals surface area contributed by atoms with Gasteiger partial charge in [0, 0.05) is 43.8 Å². The van der Waals surface area contributed by atoms with Crippen molar-refractivity contribution >= 4 is 5.69 Å². The SMILES string of the molecule is C=CN(Cc1cc(-c2noc(-c3cnn(C)c3CN(C)c3ccc(F)c(F)c3)n2)ccn1)N=NC. The monoisotopic (exact) mass is 479 g/mol. The Labute approximate surface area is 200 Å². The van der Waals surface area contributed by atoms with Gasteiger partial charge in [0.1, 0.15) is 0 Å². The van der Waals surface area contributed by atoms with Crippen LogP contribution in [0.25, 0.3) is 22.8 Å². The number of nitrogens with zero attached hydrogens (tertiary/aromatic N) is 9. The lowest BCUT2D eigenvalue weighted by Gasteiger charge is -2.20. The lowest BCUT2D eigenvalue weighted by Crippen LogP contribution is -2.19. The number of aryl methyl sites for hydroxylation is 1. The Morgan fingerprint density at radius 2 is 2.00 bits per heavy atom. The number of benzene rings is 1. The summed E-state index contributed by atoms with van der Waals surface area (Å²) in [6.45, 7) is 4.43. The van der Waals surface area contributed by atoms with Crippen molar-refractivity contribution in [1.82, 2.24) is 29.9 Å². The molecule has 0 saturated carbocycles. The largest absolute Gasteiger partial charge is 0.369 e. The molecule has 35 heavy (non-hydrogen) atoms. The first-order valence-electron chi connectivity index (χ1n) is 10.5. The van der Waals surface area contributed by atoms with Gasteiger partial charge < -0.3 is 9.42 Å². The normalized spacial score (nSPS) is 11.2. The number of hydrogen-bond donors (Lipinski definition) is 0. The molecule has 180 valence electrons. The molecule has 3 aromatic heterocycles. The molecule has 0 aliphatic heterocycles. The Morgan fingerprint density at radius 1 is 1.17 bits per heavy atom. The van der Waals surface area contributed by atoms with E-state index in [2.05, 4.69) is 37.1 Å². The molecule has 3 heterocycles. The van der Waals surface area contributed by atoms with Gasteiger partial charge in [0.05, 0.1) is 43.3 Å². The van der Waals surface area contributed by atoms with Crippen molar-refractivity contribution in [3.05, 3.63) is 78.5 Å². The van der Waals surface area contributed by atoms with Gasteiger partial charge in [-0.3, -0.25) is 9.67 Å². The Kier molecular flexibility index (Phi) is 6.90. The number of halogens is 2. The summed E-state index contributed by atoms with van der Waals surface area (Å²) >= 11 is 0. The lowest BCUT2D eigenvalue weighted by molar-refractivity contribution is 0.360. The zero-order valence-electron chi connectivity index (χ0n) is 19.4. The van der Waals surface area contributed by atoms with Gasteiger partial charge >= 0.3 is 0 Å². The first kappa shape index (κ1) is 23.7. The number of anilines is 1. The van der Waals surface area contributed by atoms with Crippen LogP contribution >= 0.6 is 0 Å². The molecule has 0 atom stereocenters. The Hall–Kier alpha value is -4.48. The van der Waals surface area contributed by atoms with Crippen LogP contribution in [0.4, 0.5) is 14.5 Å². The highest BCUT2D eigenvalue weighted by molar-refractivity contribution is 5.61. The van der Waals surface area contributed by atoms with Crippen LogP contribution in [0.5, 0.6) is 0 Å². The molecule has 12 heteroatoms. The van der Waals surface area contributed by atoms with E-state index in [9.17, 15) is 8.78 Å². The first-order chi connectivity index (χ1) is 16.9. The molecular formula is C23H23F2N9O. The van der Waals surface area contributed by atoms with Gasteiger partial charge in [-0.1, -0.05) is 17.0 Å². The highest BCUT2D eigenvalue weighted by Gasteiger charge is 2.20. The Bertz CT molecular complexity index is 1360. The van der Waals surface area contributed by atoms with Crippen LogP contribution in [0, 0.1) is 11.6 Å². The second-order valence-electron chi connectivity index (χ2n) is 7.61. The van der Waals surface area contributed by atoms with Crippen molar-refractivity contribution in [2.75, 3.05) is 19.0 Å². The first-order valence-corrected chi connectivity index (χ1v) is 10.5. The van der Waals surface area contributed by atoms with Crippen LogP contribution in [0.15, 0.2) is 70.4 Å². The fourth-order valence-corrected chi connectivity index (χ4v) is 3.43. The molecule has 0 unspecified atom stereocenters. The van der Waals surface area contributed by atoms with E-state index in [-0.39, 0.29) is 5.89 Å². The molecule has 4 aromatic rings. The van der Waals surface area contributed by atoms with E-state index < -0.39 is 11.6 Å². The highest BCUT2D eigenvalue weighted by Crippen LogP contribution is 2.27.